The molecule has 0 amide bonds. The highest BCUT2D eigenvalue weighted by Crippen LogP contribution is 2.17. The van der Waals surface area contributed by atoms with Gasteiger partial charge in [0.1, 0.15) is 0 Å². The number of rotatable bonds is 9. The lowest BCUT2D eigenvalue weighted by molar-refractivity contribution is 0.376. The zero-order chi connectivity index (χ0) is 17.5. The van der Waals surface area contributed by atoms with E-state index in [4.69, 9.17) is 0 Å². The molecule has 0 N–H and O–H groups in total. The van der Waals surface area contributed by atoms with Gasteiger partial charge in [-0.2, -0.15) is 0 Å². The fourth-order valence-corrected chi connectivity index (χ4v) is 1.73. The topological polar surface area (TPSA) is 0 Å². The highest BCUT2D eigenvalue weighted by atomic mass is 14.1. The van der Waals surface area contributed by atoms with Crippen LogP contribution in [0.4, 0.5) is 0 Å². The van der Waals surface area contributed by atoms with Gasteiger partial charge < -0.3 is 0 Å². The first kappa shape index (κ1) is 33.6. The lowest BCUT2D eigenvalue weighted by Crippen LogP contribution is -2.03. The Morgan fingerprint density at radius 3 is 1.14 bits per heavy atom. The maximum absolute atomic E-state index is 2.37. The van der Waals surface area contributed by atoms with Crippen LogP contribution in [0.15, 0.2) is 0 Å². The first-order valence-corrected chi connectivity index (χ1v) is 10.1. The van der Waals surface area contributed by atoms with Gasteiger partial charge in [-0.05, 0) is 11.8 Å². The molecule has 0 aliphatic carbocycles. The van der Waals surface area contributed by atoms with Crippen molar-refractivity contribution in [3.8, 4) is 0 Å². The molecule has 0 fully saturated rings. The second kappa shape index (κ2) is 37.3. The maximum Gasteiger partial charge on any atom is -0.0420 e. The van der Waals surface area contributed by atoms with Crippen LogP contribution < -0.4 is 0 Å². The van der Waals surface area contributed by atoms with Crippen LogP contribution in [0.5, 0.6) is 0 Å². The molecule has 1 atom stereocenters. The summed E-state index contributed by atoms with van der Waals surface area (Å²) < 4.78 is 0. The first-order chi connectivity index (χ1) is 10.1. The summed E-state index contributed by atoms with van der Waals surface area (Å²) in [6, 6.07) is 0. The fourth-order valence-electron chi connectivity index (χ4n) is 1.73. The number of unbranched alkanes of at least 4 members (excludes halogenated alkanes) is 6. The summed E-state index contributed by atoms with van der Waals surface area (Å²) in [5, 5.41) is 0. The molecule has 0 aromatic rings. The lowest BCUT2D eigenvalue weighted by atomic mass is 9.92. The van der Waals surface area contributed by atoms with Gasteiger partial charge >= 0.3 is 0 Å². The first-order valence-electron chi connectivity index (χ1n) is 10.1. The van der Waals surface area contributed by atoms with Gasteiger partial charge in [0.25, 0.3) is 0 Å². The second-order valence-electron chi connectivity index (χ2n) is 5.78. The number of hydrogen-bond acceptors (Lipinski definition) is 0. The Morgan fingerprint density at radius 2 is 0.864 bits per heavy atom. The van der Waals surface area contributed by atoms with Crippen LogP contribution in [0.25, 0.3) is 0 Å². The summed E-state index contributed by atoms with van der Waals surface area (Å²) in [7, 11) is 0. The van der Waals surface area contributed by atoms with E-state index in [1.54, 1.807) is 0 Å². The Balaban J connectivity index is -0.0000000749. The maximum atomic E-state index is 2.37. The third-order valence-electron chi connectivity index (χ3n) is 3.61. The van der Waals surface area contributed by atoms with Crippen molar-refractivity contribution in [2.24, 2.45) is 11.8 Å². The van der Waals surface area contributed by atoms with Gasteiger partial charge in [-0.15, -0.1) is 0 Å². The molecule has 0 heterocycles. The van der Waals surface area contributed by atoms with Crippen molar-refractivity contribution in [1.29, 1.82) is 0 Å². The van der Waals surface area contributed by atoms with E-state index in [9.17, 15) is 0 Å². The van der Waals surface area contributed by atoms with E-state index in [0.29, 0.717) is 0 Å². The predicted molar refractivity (Wildman–Crippen MR) is 112 cm³/mol. The minimum Gasteiger partial charge on any atom is -0.0776 e. The average molecular weight is 319 g/mol. The standard InChI is InChI=1S/C11H24.C6H14.2C2H6.CH4/c1-5-6-7-8-9-11(4)10(2)3;1-3-5-6-4-2;2*1-2;/h10-11H,5-9H2,1-4H3;3-6H2,1-2H3;2*1-2H3;1H4. The zero-order valence-electron chi connectivity index (χ0n) is 17.5. The summed E-state index contributed by atoms with van der Waals surface area (Å²) in [6.45, 7) is 21.8. The molecule has 0 radical (unpaired) electrons. The molecule has 0 nitrogen and oxygen atoms in total. The molecular weight excluding hydrogens is 264 g/mol. The van der Waals surface area contributed by atoms with Gasteiger partial charge in [0.05, 0.1) is 0 Å². The Kier molecular flexibility index (Phi) is 57.0. The molecule has 0 aliphatic heterocycles. The van der Waals surface area contributed by atoms with Crippen molar-refractivity contribution in [3.63, 3.8) is 0 Å². The average Bonchev–Trinajstić information content (AvgIpc) is 2.53. The molecule has 0 aromatic carbocycles. The van der Waals surface area contributed by atoms with E-state index in [1.165, 1.54) is 57.8 Å². The Morgan fingerprint density at radius 1 is 0.545 bits per heavy atom. The second-order valence-corrected chi connectivity index (χ2v) is 5.78. The summed E-state index contributed by atoms with van der Waals surface area (Å²) in [5.41, 5.74) is 0. The summed E-state index contributed by atoms with van der Waals surface area (Å²) in [5.74, 6) is 1.79. The largest absolute Gasteiger partial charge is 0.0776 e. The van der Waals surface area contributed by atoms with Gasteiger partial charge in [-0.25, -0.2) is 0 Å². The van der Waals surface area contributed by atoms with Crippen molar-refractivity contribution in [2.45, 2.75) is 134 Å². The predicted octanol–water partition coefficient (Wildman–Crippen LogP) is 9.52. The highest BCUT2D eigenvalue weighted by molar-refractivity contribution is 4.56. The van der Waals surface area contributed by atoms with Crippen LogP contribution in [0.2, 0.25) is 0 Å². The Labute approximate surface area is 146 Å². The monoisotopic (exact) mass is 318 g/mol. The molecule has 0 aromatic heterocycles. The Bertz CT molecular complexity index is 111. The Hall–Kier alpha value is 0. The molecule has 22 heavy (non-hydrogen) atoms. The van der Waals surface area contributed by atoms with Gasteiger partial charge in [-0.1, -0.05) is 134 Å². The molecule has 1 unspecified atom stereocenters. The van der Waals surface area contributed by atoms with E-state index in [0.717, 1.165) is 11.8 Å². The quantitative estimate of drug-likeness (QED) is 0.371. The van der Waals surface area contributed by atoms with Gasteiger partial charge in [-0.3, -0.25) is 0 Å². The number of hydrogen-bond donors (Lipinski definition) is 0. The molecule has 0 saturated carbocycles. The molecule has 142 valence electrons. The van der Waals surface area contributed by atoms with E-state index in [2.05, 4.69) is 41.5 Å². The van der Waals surface area contributed by atoms with Gasteiger partial charge in [0, 0.05) is 0 Å². The van der Waals surface area contributed by atoms with Crippen molar-refractivity contribution in [1.82, 2.24) is 0 Å². The minimum absolute atomic E-state index is 0. The van der Waals surface area contributed by atoms with E-state index in [-0.39, 0.29) is 7.43 Å². The van der Waals surface area contributed by atoms with Crippen LogP contribution in [0.1, 0.15) is 134 Å². The van der Waals surface area contributed by atoms with Crippen molar-refractivity contribution in [3.05, 3.63) is 0 Å². The fraction of sp³-hybridized carbons (Fsp3) is 1.00. The van der Waals surface area contributed by atoms with Gasteiger partial charge in [0.15, 0.2) is 0 Å². The zero-order valence-corrected chi connectivity index (χ0v) is 17.5. The van der Waals surface area contributed by atoms with E-state index < -0.39 is 0 Å². The van der Waals surface area contributed by atoms with E-state index in [1.807, 2.05) is 27.7 Å². The highest BCUT2D eigenvalue weighted by Gasteiger charge is 2.05. The molecule has 0 rings (SSSR count). The summed E-state index contributed by atoms with van der Waals surface area (Å²) in [6.07, 6.45) is 12.6. The summed E-state index contributed by atoms with van der Waals surface area (Å²) >= 11 is 0. The van der Waals surface area contributed by atoms with Crippen molar-refractivity contribution in [2.75, 3.05) is 0 Å². The molecule has 0 bridgehead atoms. The van der Waals surface area contributed by atoms with Crippen molar-refractivity contribution < 1.29 is 0 Å². The summed E-state index contributed by atoms with van der Waals surface area (Å²) in [4.78, 5) is 0. The molecule has 0 aliphatic rings. The van der Waals surface area contributed by atoms with Crippen LogP contribution in [-0.4, -0.2) is 0 Å². The van der Waals surface area contributed by atoms with Crippen molar-refractivity contribution >= 4 is 0 Å². The van der Waals surface area contributed by atoms with Crippen LogP contribution >= 0.6 is 0 Å². The lowest BCUT2D eigenvalue weighted by Gasteiger charge is -2.14. The minimum atomic E-state index is 0. The smallest absolute Gasteiger partial charge is 0.0420 e. The van der Waals surface area contributed by atoms with E-state index >= 15 is 0 Å². The molecular formula is C22H54. The molecule has 0 heteroatoms. The van der Waals surface area contributed by atoms with Crippen LogP contribution in [0, 0.1) is 11.8 Å². The molecule has 0 saturated heterocycles. The van der Waals surface area contributed by atoms with Gasteiger partial charge in [0.2, 0.25) is 0 Å². The third kappa shape index (κ3) is 42.7. The third-order valence-corrected chi connectivity index (χ3v) is 3.61. The SMILES string of the molecule is C.CC.CC.CCCCCC.CCCCCCC(C)C(C)C. The normalized spacial score (nSPS) is 9.95. The van der Waals surface area contributed by atoms with Crippen LogP contribution in [-0.2, 0) is 0 Å². The molecule has 0 spiro atoms. The van der Waals surface area contributed by atoms with Crippen LogP contribution in [0.3, 0.4) is 0 Å².